The van der Waals surface area contributed by atoms with Gasteiger partial charge >= 0.3 is 6.03 Å². The van der Waals surface area contributed by atoms with Crippen LogP contribution in [0.3, 0.4) is 0 Å². The summed E-state index contributed by atoms with van der Waals surface area (Å²) in [6.45, 7) is 3.86. The Bertz CT molecular complexity index is 1160. The van der Waals surface area contributed by atoms with E-state index in [0.717, 1.165) is 21.4 Å². The van der Waals surface area contributed by atoms with Crippen molar-refractivity contribution in [3.05, 3.63) is 36.0 Å². The molecule has 0 radical (unpaired) electrons. The molecule has 172 valence electrons. The van der Waals surface area contributed by atoms with E-state index in [1.807, 2.05) is 44.3 Å². The minimum atomic E-state index is -3.17. The number of aromatic nitrogens is 1. The number of fused-ring (bicyclic) bond motifs is 1. The maximum absolute atomic E-state index is 13.1. The number of carbonyl (C=O) groups excluding carboxylic acids is 3. The lowest BCUT2D eigenvalue weighted by Gasteiger charge is -2.31. The van der Waals surface area contributed by atoms with Gasteiger partial charge in [-0.15, -0.1) is 0 Å². The number of benzene rings is 1. The van der Waals surface area contributed by atoms with Crippen molar-refractivity contribution in [2.24, 2.45) is 5.92 Å². The first kappa shape index (κ1) is 22.3. The normalized spacial score (nSPS) is 22.7. The monoisotopic (exact) mass is 460 g/mol. The number of carbonyl (C=O) groups is 3. The molecule has 9 nitrogen and oxygen atoms in total. The predicted molar refractivity (Wildman–Crippen MR) is 120 cm³/mol. The molecule has 2 N–H and O–H groups in total. The quantitative estimate of drug-likeness (QED) is 0.604. The van der Waals surface area contributed by atoms with Gasteiger partial charge in [0.25, 0.3) is 5.91 Å². The van der Waals surface area contributed by atoms with E-state index in [4.69, 9.17) is 0 Å². The van der Waals surface area contributed by atoms with Gasteiger partial charge in [0.15, 0.2) is 9.84 Å². The number of H-pyrrole nitrogens is 1. The van der Waals surface area contributed by atoms with Crippen LogP contribution in [0.2, 0.25) is 0 Å². The summed E-state index contributed by atoms with van der Waals surface area (Å²) in [5.41, 5.74) is 1.85. The number of amides is 4. The molecule has 2 saturated heterocycles. The van der Waals surface area contributed by atoms with Crippen molar-refractivity contribution in [2.75, 3.05) is 24.6 Å². The van der Waals surface area contributed by atoms with E-state index < -0.39 is 46.3 Å². The largest absolute Gasteiger partial charge is 0.361 e. The van der Waals surface area contributed by atoms with E-state index in [1.54, 1.807) is 0 Å². The number of hydrogen-bond donors (Lipinski definition) is 2. The van der Waals surface area contributed by atoms with Crippen molar-refractivity contribution >= 4 is 38.6 Å². The summed E-state index contributed by atoms with van der Waals surface area (Å²) in [7, 11) is -3.17. The molecule has 0 unspecified atom stereocenters. The molecule has 2 fully saturated rings. The molecular weight excluding hydrogens is 432 g/mol. The zero-order valence-corrected chi connectivity index (χ0v) is 19.0. The molecule has 0 saturated carbocycles. The topological polar surface area (TPSA) is 120 Å². The molecular formula is C22H28N4O5S. The predicted octanol–water partition coefficient (Wildman–Crippen LogP) is 1.30. The SMILES string of the molecule is CC(C)CN(C(=O)CN1C(=O)N[C@H](Cc2c[nH]c3ccccc23)C1=O)[C@H]1CCS(=O)(=O)C1. The summed E-state index contributed by atoms with van der Waals surface area (Å²) < 4.78 is 23.8. The number of imide groups is 1. The Morgan fingerprint density at radius 1 is 1.25 bits per heavy atom. The fourth-order valence-corrected chi connectivity index (χ4v) is 6.21. The van der Waals surface area contributed by atoms with Gasteiger partial charge in [-0.2, -0.15) is 0 Å². The van der Waals surface area contributed by atoms with Crippen LogP contribution in [0.15, 0.2) is 30.5 Å². The maximum Gasteiger partial charge on any atom is 0.325 e. The van der Waals surface area contributed by atoms with E-state index in [1.165, 1.54) is 4.90 Å². The molecule has 1 aromatic heterocycles. The van der Waals surface area contributed by atoms with Crippen molar-refractivity contribution < 1.29 is 22.8 Å². The van der Waals surface area contributed by atoms with Crippen molar-refractivity contribution in [2.45, 2.75) is 38.8 Å². The average molecular weight is 461 g/mol. The first-order valence-electron chi connectivity index (χ1n) is 10.8. The zero-order chi connectivity index (χ0) is 23.0. The number of sulfone groups is 1. The van der Waals surface area contributed by atoms with Gasteiger partial charge in [0, 0.05) is 36.1 Å². The molecule has 10 heteroatoms. The van der Waals surface area contributed by atoms with E-state index in [2.05, 4.69) is 10.3 Å². The number of nitrogens with zero attached hydrogens (tertiary/aromatic N) is 2. The molecule has 2 aliphatic rings. The summed E-state index contributed by atoms with van der Waals surface area (Å²) >= 11 is 0. The Morgan fingerprint density at radius 2 is 2.00 bits per heavy atom. The number of hydrogen-bond acceptors (Lipinski definition) is 5. The van der Waals surface area contributed by atoms with E-state index in [9.17, 15) is 22.8 Å². The number of nitrogens with one attached hydrogen (secondary N) is 2. The van der Waals surface area contributed by atoms with Crippen LogP contribution >= 0.6 is 0 Å². The lowest BCUT2D eigenvalue weighted by atomic mass is 10.1. The van der Waals surface area contributed by atoms with E-state index >= 15 is 0 Å². The first-order valence-corrected chi connectivity index (χ1v) is 12.6. The van der Waals surface area contributed by atoms with Crippen molar-refractivity contribution in [1.29, 1.82) is 0 Å². The average Bonchev–Trinajstić information content (AvgIpc) is 3.38. The van der Waals surface area contributed by atoms with Crippen LogP contribution in [0.4, 0.5) is 4.79 Å². The second kappa shape index (κ2) is 8.57. The lowest BCUT2D eigenvalue weighted by Crippen LogP contribution is -2.49. The summed E-state index contributed by atoms with van der Waals surface area (Å²) in [6.07, 6.45) is 2.52. The van der Waals surface area contributed by atoms with Crippen molar-refractivity contribution in [3.63, 3.8) is 0 Å². The smallest absolute Gasteiger partial charge is 0.325 e. The minimum Gasteiger partial charge on any atom is -0.361 e. The molecule has 4 rings (SSSR count). The van der Waals surface area contributed by atoms with Gasteiger partial charge < -0.3 is 15.2 Å². The van der Waals surface area contributed by atoms with Crippen LogP contribution in [0.25, 0.3) is 10.9 Å². The summed E-state index contributed by atoms with van der Waals surface area (Å²) in [6, 6.07) is 5.94. The third kappa shape index (κ3) is 4.50. The Balaban J connectivity index is 1.46. The fourth-order valence-electron chi connectivity index (χ4n) is 4.48. The molecule has 0 spiro atoms. The first-order chi connectivity index (χ1) is 15.1. The third-order valence-corrected chi connectivity index (χ3v) is 7.78. The van der Waals surface area contributed by atoms with Crippen LogP contribution in [0, 0.1) is 5.92 Å². The Morgan fingerprint density at radius 3 is 2.69 bits per heavy atom. The molecule has 2 aliphatic heterocycles. The fraction of sp³-hybridized carbons (Fsp3) is 0.500. The van der Waals surface area contributed by atoms with Gasteiger partial charge in [0.05, 0.1) is 11.5 Å². The Hall–Kier alpha value is -2.88. The van der Waals surface area contributed by atoms with Gasteiger partial charge in [-0.05, 0) is 24.0 Å². The number of aromatic amines is 1. The molecule has 1 aromatic carbocycles. The molecule has 4 amide bonds. The highest BCUT2D eigenvalue weighted by Gasteiger charge is 2.41. The standard InChI is InChI=1S/C22H28N4O5S/c1-14(2)11-25(16-7-8-32(30,31)13-16)20(27)12-26-21(28)19(24-22(26)29)9-15-10-23-18-6-4-3-5-17(15)18/h3-6,10,14,16,19,23H,7-9,11-13H2,1-2H3,(H,24,29)/t16-,19+/m0/s1. The van der Waals surface area contributed by atoms with Crippen LogP contribution in [-0.4, -0.2) is 77.7 Å². The maximum atomic E-state index is 13.1. The van der Waals surface area contributed by atoms with E-state index in [0.29, 0.717) is 19.4 Å². The molecule has 0 aliphatic carbocycles. The summed E-state index contributed by atoms with van der Waals surface area (Å²) in [4.78, 5) is 44.2. The highest BCUT2D eigenvalue weighted by atomic mass is 32.2. The number of rotatable bonds is 7. The second-order valence-electron chi connectivity index (χ2n) is 8.99. The van der Waals surface area contributed by atoms with Gasteiger partial charge in [0.1, 0.15) is 12.6 Å². The zero-order valence-electron chi connectivity index (χ0n) is 18.2. The second-order valence-corrected chi connectivity index (χ2v) is 11.2. The van der Waals surface area contributed by atoms with Crippen LogP contribution < -0.4 is 5.32 Å². The minimum absolute atomic E-state index is 0.0510. The third-order valence-electron chi connectivity index (χ3n) is 6.03. The molecule has 32 heavy (non-hydrogen) atoms. The molecule has 2 atom stereocenters. The Labute approximate surface area is 187 Å². The molecule has 0 bridgehead atoms. The van der Waals surface area contributed by atoms with Crippen LogP contribution in [0.5, 0.6) is 0 Å². The summed E-state index contributed by atoms with van der Waals surface area (Å²) in [5.74, 6) is -0.751. The highest BCUT2D eigenvalue weighted by Crippen LogP contribution is 2.23. The van der Waals surface area contributed by atoms with Gasteiger partial charge in [0.2, 0.25) is 5.91 Å². The van der Waals surface area contributed by atoms with Crippen molar-refractivity contribution in [1.82, 2.24) is 20.1 Å². The van der Waals surface area contributed by atoms with Crippen molar-refractivity contribution in [3.8, 4) is 0 Å². The van der Waals surface area contributed by atoms with Gasteiger partial charge in [-0.25, -0.2) is 13.2 Å². The highest BCUT2D eigenvalue weighted by molar-refractivity contribution is 7.91. The molecule has 2 aromatic rings. The van der Waals surface area contributed by atoms with Gasteiger partial charge in [-0.1, -0.05) is 32.0 Å². The van der Waals surface area contributed by atoms with Gasteiger partial charge in [-0.3, -0.25) is 14.5 Å². The molecule has 3 heterocycles. The summed E-state index contributed by atoms with van der Waals surface area (Å²) in [5, 5.41) is 3.66. The van der Waals surface area contributed by atoms with Crippen LogP contribution in [-0.2, 0) is 25.8 Å². The van der Waals surface area contributed by atoms with E-state index in [-0.39, 0.29) is 17.4 Å². The number of urea groups is 1. The van der Waals surface area contributed by atoms with Crippen LogP contribution in [0.1, 0.15) is 25.8 Å². The Kier molecular flexibility index (Phi) is 5.98. The lowest BCUT2D eigenvalue weighted by molar-refractivity contribution is -0.139. The number of para-hydroxylation sites is 1.